The molecule has 1 aliphatic heterocycles. The van der Waals surface area contributed by atoms with Crippen LogP contribution in [0, 0.1) is 28.4 Å². The molecule has 1 N–H and O–H groups in total. The van der Waals surface area contributed by atoms with E-state index in [1.807, 2.05) is 0 Å². The van der Waals surface area contributed by atoms with E-state index in [1.165, 1.54) is 6.20 Å². The first kappa shape index (κ1) is 14.2. The number of piperidine rings is 1. The second-order valence-electron chi connectivity index (χ2n) is 4.97. The van der Waals surface area contributed by atoms with Crippen molar-refractivity contribution in [1.29, 1.82) is 5.26 Å². The van der Waals surface area contributed by atoms with Gasteiger partial charge < -0.3 is 5.32 Å². The molecular formula is C13H17N5O2. The molecule has 2 rings (SSSR count). The Bertz CT molecular complexity index is 532. The molecule has 106 valence electrons. The van der Waals surface area contributed by atoms with Crippen LogP contribution >= 0.6 is 0 Å². The van der Waals surface area contributed by atoms with E-state index in [4.69, 9.17) is 5.26 Å². The van der Waals surface area contributed by atoms with Gasteiger partial charge in [-0.3, -0.25) is 15.0 Å². The van der Waals surface area contributed by atoms with Gasteiger partial charge in [-0.15, -0.1) is 0 Å². The van der Waals surface area contributed by atoms with Crippen LogP contribution in [0.2, 0.25) is 0 Å². The van der Waals surface area contributed by atoms with Crippen molar-refractivity contribution in [3.05, 3.63) is 27.9 Å². The van der Waals surface area contributed by atoms with E-state index in [0.717, 1.165) is 25.9 Å². The largest absolute Gasteiger partial charge is 0.367 e. The molecule has 2 heterocycles. The van der Waals surface area contributed by atoms with Gasteiger partial charge in [0.1, 0.15) is 12.0 Å². The third-order valence-electron chi connectivity index (χ3n) is 3.51. The average Bonchev–Trinajstić information content (AvgIpc) is 2.41. The van der Waals surface area contributed by atoms with Gasteiger partial charge >= 0.3 is 0 Å². The molecule has 1 fully saturated rings. The monoisotopic (exact) mass is 275 g/mol. The van der Waals surface area contributed by atoms with E-state index in [2.05, 4.69) is 21.3 Å². The normalized spacial score (nSPS) is 16.6. The van der Waals surface area contributed by atoms with Crippen LogP contribution in [0.1, 0.15) is 18.4 Å². The zero-order valence-electron chi connectivity index (χ0n) is 11.4. The fraction of sp³-hybridized carbons (Fsp3) is 0.538. The van der Waals surface area contributed by atoms with Gasteiger partial charge in [0, 0.05) is 24.7 Å². The summed E-state index contributed by atoms with van der Waals surface area (Å²) in [5.74, 6) is 0.673. The fourth-order valence-electron chi connectivity index (χ4n) is 2.36. The first-order valence-electron chi connectivity index (χ1n) is 6.57. The van der Waals surface area contributed by atoms with E-state index in [1.54, 1.807) is 13.0 Å². The minimum absolute atomic E-state index is 0.0411. The number of nitrogens with one attached hydrogen (secondary N) is 1. The van der Waals surface area contributed by atoms with Crippen LogP contribution in [0.5, 0.6) is 0 Å². The van der Waals surface area contributed by atoms with Crippen molar-refractivity contribution in [1.82, 2.24) is 9.88 Å². The van der Waals surface area contributed by atoms with Gasteiger partial charge in [-0.1, -0.05) is 0 Å². The topological polar surface area (TPSA) is 95.1 Å². The summed E-state index contributed by atoms with van der Waals surface area (Å²) < 4.78 is 0. The number of rotatable bonds is 4. The molecule has 1 saturated heterocycles. The number of nitro groups is 1. The molecule has 20 heavy (non-hydrogen) atoms. The number of likely N-dealkylation sites (tertiary alicyclic amines) is 1. The molecule has 0 amide bonds. The van der Waals surface area contributed by atoms with Crippen molar-refractivity contribution >= 4 is 11.5 Å². The highest BCUT2D eigenvalue weighted by atomic mass is 16.6. The Hall–Kier alpha value is -2.20. The lowest BCUT2D eigenvalue weighted by molar-refractivity contribution is -0.385. The number of hydrogen-bond donors (Lipinski definition) is 1. The second-order valence-corrected chi connectivity index (χ2v) is 4.97. The molecule has 7 nitrogen and oxygen atoms in total. The van der Waals surface area contributed by atoms with Crippen molar-refractivity contribution in [3.63, 3.8) is 0 Å². The minimum atomic E-state index is -0.424. The summed E-state index contributed by atoms with van der Waals surface area (Å²) in [5.41, 5.74) is 0.647. The number of nitriles is 1. The number of nitrogens with zero attached hydrogens (tertiary/aromatic N) is 4. The number of hydrogen-bond acceptors (Lipinski definition) is 6. The molecule has 0 atom stereocenters. The van der Waals surface area contributed by atoms with Gasteiger partial charge in [0.15, 0.2) is 0 Å². The Balaban J connectivity index is 1.93. The molecule has 0 aromatic carbocycles. The standard InChI is InChI=1S/C13H17N5O2/c1-10-8-13(15-9-12(10)18(19)20)16-11-2-5-17(6-3-11)7-4-14/h8-9,11H,2-3,5-7H2,1H3,(H,15,16). The number of pyridine rings is 1. The molecule has 1 aromatic rings. The molecule has 0 saturated carbocycles. The smallest absolute Gasteiger partial charge is 0.290 e. The van der Waals surface area contributed by atoms with Gasteiger partial charge in [0.2, 0.25) is 0 Å². The Morgan fingerprint density at radius 2 is 2.30 bits per heavy atom. The second kappa shape index (κ2) is 6.30. The molecule has 0 radical (unpaired) electrons. The number of aromatic nitrogens is 1. The summed E-state index contributed by atoms with van der Waals surface area (Å²) in [7, 11) is 0. The average molecular weight is 275 g/mol. The summed E-state index contributed by atoms with van der Waals surface area (Å²) >= 11 is 0. The molecule has 1 aromatic heterocycles. The van der Waals surface area contributed by atoms with Crippen LogP contribution in [0.25, 0.3) is 0 Å². The third kappa shape index (κ3) is 3.42. The van der Waals surface area contributed by atoms with Crippen molar-refractivity contribution in [2.24, 2.45) is 0 Å². The highest BCUT2D eigenvalue weighted by Gasteiger charge is 2.19. The third-order valence-corrected chi connectivity index (χ3v) is 3.51. The summed E-state index contributed by atoms with van der Waals surface area (Å²) in [5, 5.41) is 22.7. The summed E-state index contributed by atoms with van der Waals surface area (Å²) in [4.78, 5) is 16.5. The maximum atomic E-state index is 10.7. The van der Waals surface area contributed by atoms with E-state index in [-0.39, 0.29) is 5.69 Å². The molecule has 1 aliphatic rings. The summed E-state index contributed by atoms with van der Waals surface area (Å²) in [6, 6.07) is 4.17. The Labute approximate surface area is 117 Å². The van der Waals surface area contributed by atoms with Crippen LogP contribution in [-0.4, -0.2) is 40.5 Å². The molecule has 0 aliphatic carbocycles. The SMILES string of the molecule is Cc1cc(NC2CCN(CC#N)CC2)ncc1[N+](=O)[O-]. The number of aryl methyl sites for hydroxylation is 1. The maximum absolute atomic E-state index is 10.7. The van der Waals surface area contributed by atoms with Gasteiger partial charge in [-0.2, -0.15) is 5.26 Å². The molecule has 0 unspecified atom stereocenters. The van der Waals surface area contributed by atoms with E-state index in [9.17, 15) is 10.1 Å². The predicted molar refractivity (Wildman–Crippen MR) is 74.3 cm³/mol. The van der Waals surface area contributed by atoms with Crippen LogP contribution in [0.15, 0.2) is 12.3 Å². The molecule has 0 bridgehead atoms. The van der Waals surface area contributed by atoms with Crippen molar-refractivity contribution < 1.29 is 4.92 Å². The Kier molecular flexibility index (Phi) is 4.48. The lowest BCUT2D eigenvalue weighted by Gasteiger charge is -2.30. The highest BCUT2D eigenvalue weighted by Crippen LogP contribution is 2.21. The van der Waals surface area contributed by atoms with Crippen molar-refractivity contribution in [2.45, 2.75) is 25.8 Å². The number of anilines is 1. The van der Waals surface area contributed by atoms with Gasteiger partial charge in [0.05, 0.1) is 17.5 Å². The zero-order chi connectivity index (χ0) is 14.5. The van der Waals surface area contributed by atoms with Crippen molar-refractivity contribution in [2.75, 3.05) is 25.0 Å². The summed E-state index contributed by atoms with van der Waals surface area (Å²) in [6.45, 7) is 3.95. The quantitative estimate of drug-likeness (QED) is 0.510. The van der Waals surface area contributed by atoms with Crippen molar-refractivity contribution in [3.8, 4) is 6.07 Å². The van der Waals surface area contributed by atoms with Gasteiger partial charge in [-0.25, -0.2) is 4.98 Å². The van der Waals surface area contributed by atoms with E-state index in [0.29, 0.717) is 24.0 Å². The lowest BCUT2D eigenvalue weighted by Crippen LogP contribution is -2.39. The fourth-order valence-corrected chi connectivity index (χ4v) is 2.36. The minimum Gasteiger partial charge on any atom is -0.367 e. The molecule has 0 spiro atoms. The maximum Gasteiger partial charge on any atom is 0.290 e. The van der Waals surface area contributed by atoms with Crippen LogP contribution in [0.3, 0.4) is 0 Å². The van der Waals surface area contributed by atoms with Gasteiger partial charge in [0.25, 0.3) is 5.69 Å². The van der Waals surface area contributed by atoms with Crippen LogP contribution in [-0.2, 0) is 0 Å². The predicted octanol–water partition coefficient (Wildman–Crippen LogP) is 1.70. The zero-order valence-corrected chi connectivity index (χ0v) is 11.4. The first-order valence-corrected chi connectivity index (χ1v) is 6.57. The van der Waals surface area contributed by atoms with E-state index < -0.39 is 4.92 Å². The first-order chi connectivity index (χ1) is 9.60. The Morgan fingerprint density at radius 3 is 2.85 bits per heavy atom. The van der Waals surface area contributed by atoms with Gasteiger partial charge in [-0.05, 0) is 25.8 Å². The molecule has 7 heteroatoms. The Morgan fingerprint density at radius 1 is 1.60 bits per heavy atom. The lowest BCUT2D eigenvalue weighted by atomic mass is 10.1. The highest BCUT2D eigenvalue weighted by molar-refractivity contribution is 5.47. The van der Waals surface area contributed by atoms with Crippen LogP contribution < -0.4 is 5.32 Å². The summed E-state index contributed by atoms with van der Waals surface area (Å²) in [6.07, 6.45) is 3.18. The molecular weight excluding hydrogens is 258 g/mol. The van der Waals surface area contributed by atoms with E-state index >= 15 is 0 Å². The van der Waals surface area contributed by atoms with Crippen LogP contribution in [0.4, 0.5) is 11.5 Å².